The molecule has 2 heteroatoms. The van der Waals surface area contributed by atoms with E-state index in [2.05, 4.69) is 19.7 Å². The molecule has 0 saturated carbocycles. The highest BCUT2D eigenvalue weighted by molar-refractivity contribution is 5.83. The Balaban J connectivity index is 0.000000671. The van der Waals surface area contributed by atoms with Gasteiger partial charge in [-0.2, -0.15) is 0 Å². The highest BCUT2D eigenvalue weighted by atomic mass is 16.5. The van der Waals surface area contributed by atoms with Crippen molar-refractivity contribution in [3.63, 3.8) is 0 Å². The molecule has 0 aliphatic rings. The number of esters is 1. The summed E-state index contributed by atoms with van der Waals surface area (Å²) in [5, 5.41) is 0. The quantitative estimate of drug-likeness (QED) is 0.299. The molecule has 0 N–H and O–H groups in total. The van der Waals surface area contributed by atoms with Crippen molar-refractivity contribution >= 4 is 5.97 Å². The lowest BCUT2D eigenvalue weighted by atomic mass is 10.3. The number of hydrogen-bond acceptors (Lipinski definition) is 2. The van der Waals surface area contributed by atoms with Gasteiger partial charge in [-0.3, -0.25) is 0 Å². The average Bonchev–Trinajstić information content (AvgIpc) is 2.22. The second-order valence-electron chi connectivity index (χ2n) is 1.94. The summed E-state index contributed by atoms with van der Waals surface area (Å²) in [7, 11) is 0. The molecule has 0 bridgehead atoms. The first kappa shape index (κ1) is 11.2. The van der Waals surface area contributed by atoms with Crippen LogP contribution in [0.3, 0.4) is 0 Å². The Labute approximate surface area is 78.2 Å². The van der Waals surface area contributed by atoms with Crippen LogP contribution in [0.4, 0.5) is 0 Å². The molecule has 0 saturated heterocycles. The Kier molecular flexibility index (Phi) is 5.89. The first-order valence-electron chi connectivity index (χ1n) is 3.72. The maximum atomic E-state index is 10.6. The van der Waals surface area contributed by atoms with Crippen molar-refractivity contribution in [2.24, 2.45) is 0 Å². The predicted molar refractivity (Wildman–Crippen MR) is 53.5 cm³/mol. The lowest BCUT2D eigenvalue weighted by Gasteiger charge is -1.98. The zero-order valence-electron chi connectivity index (χ0n) is 7.40. The predicted octanol–water partition coefficient (Wildman–Crippen LogP) is 2.58. The maximum absolute atomic E-state index is 10.6. The zero-order chi connectivity index (χ0) is 10.1. The molecule has 1 aromatic rings. The molecule has 0 atom stereocenters. The van der Waals surface area contributed by atoms with Crippen LogP contribution in [0.25, 0.3) is 0 Å². The smallest absolute Gasteiger partial charge is 0.335 e. The lowest BCUT2D eigenvalue weighted by molar-refractivity contribution is -0.128. The fraction of sp³-hybridized carbons (Fsp3) is 0. The largest absolute Gasteiger partial charge is 0.423 e. The SMILES string of the molecule is C=C.C=CC(=O)Oc1ccccc1. The third-order valence-electron chi connectivity index (χ3n) is 1.13. The standard InChI is InChI=1S/C9H8O2.C2H4/c1-2-9(10)11-8-6-4-3-5-7-8;1-2/h2-7H,1H2;1-2H2. The summed E-state index contributed by atoms with van der Waals surface area (Å²) in [6.45, 7) is 9.28. The highest BCUT2D eigenvalue weighted by Crippen LogP contribution is 2.07. The topological polar surface area (TPSA) is 26.3 Å². The molecule has 13 heavy (non-hydrogen) atoms. The summed E-state index contributed by atoms with van der Waals surface area (Å²) in [4.78, 5) is 10.6. The molecular formula is C11H12O2. The van der Waals surface area contributed by atoms with E-state index in [1.54, 1.807) is 24.3 Å². The highest BCUT2D eigenvalue weighted by Gasteiger charge is 1.95. The molecule has 0 amide bonds. The Bertz CT molecular complexity index is 265. The van der Waals surface area contributed by atoms with Crippen molar-refractivity contribution in [3.05, 3.63) is 56.1 Å². The first-order valence-corrected chi connectivity index (χ1v) is 3.72. The van der Waals surface area contributed by atoms with Crippen molar-refractivity contribution in [1.29, 1.82) is 0 Å². The van der Waals surface area contributed by atoms with Crippen LogP contribution >= 0.6 is 0 Å². The molecule has 68 valence electrons. The monoisotopic (exact) mass is 176 g/mol. The van der Waals surface area contributed by atoms with Gasteiger partial charge in [0.2, 0.25) is 0 Å². The van der Waals surface area contributed by atoms with Gasteiger partial charge in [0.25, 0.3) is 0 Å². The molecule has 0 spiro atoms. The van der Waals surface area contributed by atoms with Crippen molar-refractivity contribution in [2.45, 2.75) is 0 Å². The normalized spacial score (nSPS) is 7.69. The Morgan fingerprint density at radius 1 is 1.23 bits per heavy atom. The Morgan fingerprint density at radius 3 is 2.23 bits per heavy atom. The number of hydrogen-bond donors (Lipinski definition) is 0. The van der Waals surface area contributed by atoms with Crippen LogP contribution in [0.1, 0.15) is 0 Å². The van der Waals surface area contributed by atoms with E-state index in [0.29, 0.717) is 5.75 Å². The van der Waals surface area contributed by atoms with Crippen molar-refractivity contribution < 1.29 is 9.53 Å². The van der Waals surface area contributed by atoms with Crippen molar-refractivity contribution in [3.8, 4) is 5.75 Å². The van der Waals surface area contributed by atoms with E-state index in [0.717, 1.165) is 6.08 Å². The molecular weight excluding hydrogens is 164 g/mol. The van der Waals surface area contributed by atoms with Gasteiger partial charge in [0.1, 0.15) is 5.75 Å². The van der Waals surface area contributed by atoms with E-state index < -0.39 is 5.97 Å². The van der Waals surface area contributed by atoms with Crippen LogP contribution in [-0.4, -0.2) is 5.97 Å². The van der Waals surface area contributed by atoms with Crippen LogP contribution in [0, 0.1) is 0 Å². The molecule has 0 heterocycles. The van der Waals surface area contributed by atoms with E-state index in [1.807, 2.05) is 6.07 Å². The first-order chi connectivity index (χ1) is 6.33. The second-order valence-corrected chi connectivity index (χ2v) is 1.94. The van der Waals surface area contributed by atoms with Crippen LogP contribution in [0.2, 0.25) is 0 Å². The molecule has 1 rings (SSSR count). The van der Waals surface area contributed by atoms with Crippen molar-refractivity contribution in [2.75, 3.05) is 0 Å². The second kappa shape index (κ2) is 6.85. The molecule has 1 aromatic carbocycles. The van der Waals surface area contributed by atoms with E-state index >= 15 is 0 Å². The van der Waals surface area contributed by atoms with Gasteiger partial charge in [0.05, 0.1) is 0 Å². The molecule has 0 aliphatic heterocycles. The molecule has 0 unspecified atom stereocenters. The van der Waals surface area contributed by atoms with Gasteiger partial charge in [0, 0.05) is 6.08 Å². The number of carbonyl (C=O) groups is 1. The number of para-hydroxylation sites is 1. The summed E-state index contributed by atoms with van der Waals surface area (Å²) >= 11 is 0. The van der Waals surface area contributed by atoms with Crippen molar-refractivity contribution in [1.82, 2.24) is 0 Å². The summed E-state index contributed by atoms with van der Waals surface area (Å²) in [5.74, 6) is 0.105. The molecule has 0 aliphatic carbocycles. The minimum absolute atomic E-state index is 0.434. The Morgan fingerprint density at radius 2 is 1.77 bits per heavy atom. The summed E-state index contributed by atoms with van der Waals surface area (Å²) in [6, 6.07) is 8.87. The van der Waals surface area contributed by atoms with Crippen LogP contribution in [0.15, 0.2) is 56.1 Å². The third-order valence-corrected chi connectivity index (χ3v) is 1.13. The van der Waals surface area contributed by atoms with Gasteiger partial charge in [0.15, 0.2) is 0 Å². The fourth-order valence-corrected chi connectivity index (χ4v) is 0.646. The van der Waals surface area contributed by atoms with Gasteiger partial charge in [-0.15, -0.1) is 13.2 Å². The van der Waals surface area contributed by atoms with Gasteiger partial charge < -0.3 is 4.74 Å². The van der Waals surface area contributed by atoms with E-state index in [-0.39, 0.29) is 0 Å². The van der Waals surface area contributed by atoms with Crippen LogP contribution in [-0.2, 0) is 4.79 Å². The Hall–Kier alpha value is -1.83. The lowest BCUT2D eigenvalue weighted by Crippen LogP contribution is -2.02. The number of ether oxygens (including phenoxy) is 1. The van der Waals surface area contributed by atoms with E-state index in [1.165, 1.54) is 0 Å². The van der Waals surface area contributed by atoms with Gasteiger partial charge >= 0.3 is 5.97 Å². The molecule has 0 aromatic heterocycles. The van der Waals surface area contributed by atoms with E-state index in [4.69, 9.17) is 4.74 Å². The number of rotatable bonds is 2. The zero-order valence-corrected chi connectivity index (χ0v) is 7.40. The number of benzene rings is 1. The fourth-order valence-electron chi connectivity index (χ4n) is 0.646. The molecule has 0 radical (unpaired) electrons. The van der Waals surface area contributed by atoms with Gasteiger partial charge in [-0.05, 0) is 12.1 Å². The summed E-state index contributed by atoms with van der Waals surface area (Å²) in [6.07, 6.45) is 1.13. The third kappa shape index (κ3) is 4.58. The maximum Gasteiger partial charge on any atom is 0.335 e. The summed E-state index contributed by atoms with van der Waals surface area (Å²) < 4.78 is 4.81. The van der Waals surface area contributed by atoms with Crippen LogP contribution in [0.5, 0.6) is 5.75 Å². The van der Waals surface area contributed by atoms with Crippen LogP contribution < -0.4 is 4.74 Å². The minimum atomic E-state index is -0.434. The molecule has 0 fully saturated rings. The minimum Gasteiger partial charge on any atom is -0.423 e. The van der Waals surface area contributed by atoms with E-state index in [9.17, 15) is 4.79 Å². The number of carbonyl (C=O) groups excluding carboxylic acids is 1. The average molecular weight is 176 g/mol. The summed E-state index contributed by atoms with van der Waals surface area (Å²) in [5.41, 5.74) is 0. The van der Waals surface area contributed by atoms with Gasteiger partial charge in [-0.1, -0.05) is 24.8 Å². The molecule has 2 nitrogen and oxygen atoms in total. The van der Waals surface area contributed by atoms with Gasteiger partial charge in [-0.25, -0.2) is 4.79 Å².